The molecule has 1 aliphatic rings. The van der Waals surface area contributed by atoms with E-state index in [0.717, 1.165) is 19.3 Å². The fraction of sp³-hybridized carbons (Fsp3) is 0.500. The van der Waals surface area contributed by atoms with Gasteiger partial charge in [0, 0.05) is 11.6 Å². The normalized spacial score (nSPS) is 17.2. The Morgan fingerprint density at radius 3 is 2.62 bits per heavy atom. The first-order valence-electron chi connectivity index (χ1n) is 6.72. The highest BCUT2D eigenvalue weighted by molar-refractivity contribution is 7.89. The standard InChI is InChI=1S/C14H18ClNO4S/c1-10-11(15)4-2-5-12(10)21(19,20)16-9-14(6-3-7-14)8-13(17)18/h2,4-5,16H,3,6-9H2,1H3,(H,17,18). The van der Waals surface area contributed by atoms with Gasteiger partial charge in [-0.3, -0.25) is 4.79 Å². The minimum atomic E-state index is -3.69. The second-order valence-corrected chi connectivity index (χ2v) is 7.75. The third-order valence-electron chi connectivity index (χ3n) is 4.09. The minimum absolute atomic E-state index is 0.00987. The van der Waals surface area contributed by atoms with Gasteiger partial charge in [0.1, 0.15) is 0 Å². The lowest BCUT2D eigenvalue weighted by atomic mass is 9.67. The van der Waals surface area contributed by atoms with E-state index in [1.54, 1.807) is 19.1 Å². The van der Waals surface area contributed by atoms with Crippen molar-refractivity contribution in [2.45, 2.75) is 37.5 Å². The van der Waals surface area contributed by atoms with E-state index >= 15 is 0 Å². The minimum Gasteiger partial charge on any atom is -0.481 e. The van der Waals surface area contributed by atoms with Crippen LogP contribution in [0.5, 0.6) is 0 Å². The first-order chi connectivity index (χ1) is 9.76. The number of carboxylic acid groups (broad SMARTS) is 1. The predicted molar refractivity (Wildman–Crippen MR) is 79.9 cm³/mol. The van der Waals surface area contributed by atoms with Crippen LogP contribution in [-0.2, 0) is 14.8 Å². The summed E-state index contributed by atoms with van der Waals surface area (Å²) in [7, 11) is -3.69. The monoisotopic (exact) mass is 331 g/mol. The molecule has 0 spiro atoms. The van der Waals surface area contributed by atoms with Crippen molar-refractivity contribution in [3.63, 3.8) is 0 Å². The number of rotatable bonds is 6. The van der Waals surface area contributed by atoms with Crippen molar-refractivity contribution in [2.75, 3.05) is 6.54 Å². The third kappa shape index (κ3) is 3.56. The third-order valence-corrected chi connectivity index (χ3v) is 6.04. The fourth-order valence-electron chi connectivity index (χ4n) is 2.62. The molecule has 0 unspecified atom stereocenters. The summed E-state index contributed by atoms with van der Waals surface area (Å²) in [6.07, 6.45) is 2.39. The molecule has 116 valence electrons. The van der Waals surface area contributed by atoms with E-state index in [9.17, 15) is 13.2 Å². The zero-order valence-corrected chi connectivity index (χ0v) is 13.3. The van der Waals surface area contributed by atoms with E-state index in [2.05, 4.69) is 4.72 Å². The number of benzene rings is 1. The predicted octanol–water partition coefficient (Wildman–Crippen LogP) is 2.57. The van der Waals surface area contributed by atoms with Gasteiger partial charge in [-0.25, -0.2) is 13.1 Å². The molecule has 0 aromatic heterocycles. The molecule has 0 aliphatic heterocycles. The van der Waals surface area contributed by atoms with E-state index in [1.165, 1.54) is 6.07 Å². The maximum Gasteiger partial charge on any atom is 0.303 e. The second-order valence-electron chi connectivity index (χ2n) is 5.61. The molecule has 2 rings (SSSR count). The Bertz CT molecular complexity index is 653. The van der Waals surface area contributed by atoms with E-state index in [4.69, 9.17) is 16.7 Å². The van der Waals surface area contributed by atoms with Crippen LogP contribution in [0.15, 0.2) is 23.1 Å². The molecule has 0 bridgehead atoms. The molecule has 2 N–H and O–H groups in total. The number of carbonyl (C=O) groups is 1. The summed E-state index contributed by atoms with van der Waals surface area (Å²) in [5.74, 6) is -0.896. The molecule has 0 radical (unpaired) electrons. The zero-order valence-electron chi connectivity index (χ0n) is 11.7. The Hall–Kier alpha value is -1.11. The van der Waals surface area contributed by atoms with Crippen molar-refractivity contribution in [2.24, 2.45) is 5.41 Å². The van der Waals surface area contributed by atoms with E-state index in [0.29, 0.717) is 10.6 Å². The van der Waals surface area contributed by atoms with Crippen molar-refractivity contribution in [1.29, 1.82) is 0 Å². The lowest BCUT2D eigenvalue weighted by Gasteiger charge is -2.40. The number of nitrogens with one attached hydrogen (secondary N) is 1. The first-order valence-corrected chi connectivity index (χ1v) is 8.58. The molecule has 1 fully saturated rings. The average Bonchev–Trinajstić information content (AvgIpc) is 2.35. The average molecular weight is 332 g/mol. The highest BCUT2D eigenvalue weighted by Crippen LogP contribution is 2.43. The van der Waals surface area contributed by atoms with Crippen LogP contribution in [0.25, 0.3) is 0 Å². The van der Waals surface area contributed by atoms with Crippen LogP contribution < -0.4 is 4.72 Å². The number of carboxylic acids is 1. The molecule has 5 nitrogen and oxygen atoms in total. The van der Waals surface area contributed by atoms with Crippen molar-refractivity contribution in [3.05, 3.63) is 28.8 Å². The zero-order chi connectivity index (χ0) is 15.7. The van der Waals surface area contributed by atoms with E-state index in [-0.39, 0.29) is 17.9 Å². The van der Waals surface area contributed by atoms with Gasteiger partial charge in [-0.05, 0) is 42.9 Å². The number of hydrogen-bond acceptors (Lipinski definition) is 3. The van der Waals surface area contributed by atoms with Crippen LogP contribution in [0.1, 0.15) is 31.2 Å². The van der Waals surface area contributed by atoms with Crippen molar-refractivity contribution < 1.29 is 18.3 Å². The van der Waals surface area contributed by atoms with Crippen molar-refractivity contribution in [1.82, 2.24) is 4.72 Å². The van der Waals surface area contributed by atoms with Crippen LogP contribution in [0.3, 0.4) is 0 Å². The summed E-state index contributed by atoms with van der Waals surface area (Å²) in [5, 5.41) is 9.34. The Morgan fingerprint density at radius 2 is 2.10 bits per heavy atom. The van der Waals surface area contributed by atoms with Crippen LogP contribution in [0.2, 0.25) is 5.02 Å². The summed E-state index contributed by atoms with van der Waals surface area (Å²) >= 11 is 5.95. The van der Waals surface area contributed by atoms with Crippen LogP contribution >= 0.6 is 11.6 Å². The summed E-state index contributed by atoms with van der Waals surface area (Å²) in [6.45, 7) is 1.79. The number of aliphatic carboxylic acids is 1. The highest BCUT2D eigenvalue weighted by Gasteiger charge is 2.40. The molecule has 0 heterocycles. The summed E-state index contributed by atoms with van der Waals surface area (Å²) < 4.78 is 27.3. The van der Waals surface area contributed by atoms with Gasteiger partial charge in [-0.2, -0.15) is 0 Å². The molecule has 7 heteroatoms. The Labute approximate surface area is 129 Å². The maximum atomic E-state index is 12.4. The van der Waals surface area contributed by atoms with Gasteiger partial charge in [-0.1, -0.05) is 24.1 Å². The lowest BCUT2D eigenvalue weighted by molar-refractivity contribution is -0.141. The molecule has 1 aliphatic carbocycles. The van der Waals surface area contributed by atoms with Crippen LogP contribution in [0, 0.1) is 12.3 Å². The van der Waals surface area contributed by atoms with Gasteiger partial charge in [0.05, 0.1) is 11.3 Å². The summed E-state index contributed by atoms with van der Waals surface area (Å²) in [5.41, 5.74) is 0.0401. The molecule has 1 saturated carbocycles. The smallest absolute Gasteiger partial charge is 0.303 e. The first kappa shape index (κ1) is 16.3. The maximum absolute atomic E-state index is 12.4. The number of sulfonamides is 1. The Balaban J connectivity index is 2.15. The lowest BCUT2D eigenvalue weighted by Crippen LogP contribution is -2.43. The Kier molecular flexibility index (Phi) is 4.60. The van der Waals surface area contributed by atoms with Crippen LogP contribution in [0.4, 0.5) is 0 Å². The Morgan fingerprint density at radius 1 is 1.43 bits per heavy atom. The largest absolute Gasteiger partial charge is 0.481 e. The molecular formula is C14H18ClNO4S. The fourth-order valence-corrected chi connectivity index (χ4v) is 4.27. The molecule has 21 heavy (non-hydrogen) atoms. The molecule has 0 saturated heterocycles. The summed E-state index contributed by atoms with van der Waals surface area (Å²) in [6, 6.07) is 4.71. The molecular weight excluding hydrogens is 314 g/mol. The topological polar surface area (TPSA) is 83.5 Å². The van der Waals surface area contributed by atoms with E-state index < -0.39 is 21.4 Å². The van der Waals surface area contributed by atoms with Crippen molar-refractivity contribution >= 4 is 27.6 Å². The number of hydrogen-bond donors (Lipinski definition) is 2. The quantitative estimate of drug-likeness (QED) is 0.839. The van der Waals surface area contributed by atoms with Gasteiger partial charge in [0.15, 0.2) is 0 Å². The van der Waals surface area contributed by atoms with Gasteiger partial charge >= 0.3 is 5.97 Å². The highest BCUT2D eigenvalue weighted by atomic mass is 35.5. The van der Waals surface area contributed by atoms with Crippen LogP contribution in [-0.4, -0.2) is 26.0 Å². The van der Waals surface area contributed by atoms with E-state index in [1.807, 2.05) is 0 Å². The molecule has 0 amide bonds. The number of halogens is 1. The van der Waals surface area contributed by atoms with Gasteiger partial charge in [0.25, 0.3) is 0 Å². The molecule has 0 atom stereocenters. The van der Waals surface area contributed by atoms with Gasteiger partial charge in [-0.15, -0.1) is 0 Å². The van der Waals surface area contributed by atoms with Gasteiger partial charge in [0.2, 0.25) is 10.0 Å². The van der Waals surface area contributed by atoms with Gasteiger partial charge < -0.3 is 5.11 Å². The second kappa shape index (κ2) is 5.94. The summed E-state index contributed by atoms with van der Waals surface area (Å²) in [4.78, 5) is 11.0. The van der Waals surface area contributed by atoms with Crippen molar-refractivity contribution in [3.8, 4) is 0 Å². The molecule has 1 aromatic rings. The SMILES string of the molecule is Cc1c(Cl)cccc1S(=O)(=O)NCC1(CC(=O)O)CCC1. The molecule has 1 aromatic carbocycles.